The zero-order valence-electron chi connectivity index (χ0n) is 9.66. The van der Waals surface area contributed by atoms with Crippen LogP contribution in [0.15, 0.2) is 16.4 Å². The predicted octanol–water partition coefficient (Wildman–Crippen LogP) is -0.00340. The second kappa shape index (κ2) is 4.78. The summed E-state index contributed by atoms with van der Waals surface area (Å²) in [6.45, 7) is 3.33. The Labute approximate surface area is 93.3 Å². The monoisotopic (exact) mass is 226 g/mol. The van der Waals surface area contributed by atoms with Gasteiger partial charge in [-0.05, 0) is 13.8 Å². The molecule has 1 aliphatic heterocycles. The highest BCUT2D eigenvalue weighted by Gasteiger charge is 2.28. The average molecular weight is 226 g/mol. The molecule has 1 unspecified atom stereocenters. The van der Waals surface area contributed by atoms with Gasteiger partial charge in [-0.15, -0.1) is 0 Å². The van der Waals surface area contributed by atoms with E-state index in [1.165, 1.54) is 14.2 Å². The zero-order chi connectivity index (χ0) is 12.3. The van der Waals surface area contributed by atoms with Crippen molar-refractivity contribution in [1.82, 2.24) is 5.32 Å². The highest BCUT2D eigenvalue weighted by atomic mass is 16.5. The van der Waals surface area contributed by atoms with E-state index in [4.69, 9.17) is 0 Å². The summed E-state index contributed by atoms with van der Waals surface area (Å²) in [5.74, 6) is -1.01. The van der Waals surface area contributed by atoms with Gasteiger partial charge in [-0.3, -0.25) is 0 Å². The lowest BCUT2D eigenvalue weighted by atomic mass is 10.1. The maximum absolute atomic E-state index is 11.3. The maximum atomic E-state index is 11.3. The van der Waals surface area contributed by atoms with Crippen LogP contribution in [0.2, 0.25) is 0 Å². The van der Waals surface area contributed by atoms with Crippen LogP contribution in [0.1, 0.15) is 13.8 Å². The maximum Gasteiger partial charge on any atom is 0.356 e. The van der Waals surface area contributed by atoms with E-state index in [9.17, 15) is 9.59 Å². The summed E-state index contributed by atoms with van der Waals surface area (Å²) < 4.78 is 9.17. The average Bonchev–Trinajstić information content (AvgIpc) is 2.29. The zero-order valence-corrected chi connectivity index (χ0v) is 9.66. The number of carbonyl (C=O) groups excluding carboxylic acids is 2. The van der Waals surface area contributed by atoms with Crippen LogP contribution in [-0.4, -0.2) is 37.9 Å². The number of carbonyl (C=O) groups is 2. The molecule has 1 rings (SSSR count). The summed E-state index contributed by atoms with van der Waals surface area (Å²) in [5, 5.41) is 2.86. The molecule has 0 aliphatic carbocycles. The van der Waals surface area contributed by atoms with Crippen molar-refractivity contribution in [3.05, 3.63) is 11.4 Å². The van der Waals surface area contributed by atoms with Gasteiger partial charge in [-0.25, -0.2) is 14.6 Å². The molecule has 1 heterocycles. The Bertz CT molecular complexity index is 384. The highest BCUT2D eigenvalue weighted by Crippen LogP contribution is 2.13. The standard InChI is InChI=1S/C10H14N2O4/c1-5-7(9(13)15-3)12-6(2)8(11-5)10(14)16-4/h5,11H,1-4H3. The minimum absolute atomic E-state index is 0.243. The molecular formula is C10H14N2O4. The fourth-order valence-corrected chi connectivity index (χ4v) is 1.36. The van der Waals surface area contributed by atoms with E-state index >= 15 is 0 Å². The van der Waals surface area contributed by atoms with Gasteiger partial charge in [-0.2, -0.15) is 0 Å². The molecule has 0 saturated carbocycles. The first-order valence-corrected chi connectivity index (χ1v) is 4.73. The van der Waals surface area contributed by atoms with E-state index in [1.54, 1.807) is 13.8 Å². The van der Waals surface area contributed by atoms with Crippen LogP contribution in [-0.2, 0) is 19.1 Å². The van der Waals surface area contributed by atoms with Crippen LogP contribution in [0.5, 0.6) is 0 Å². The second-order valence-electron chi connectivity index (χ2n) is 3.31. The summed E-state index contributed by atoms with van der Waals surface area (Å²) in [6, 6.07) is -0.384. The van der Waals surface area contributed by atoms with Crippen LogP contribution in [0.3, 0.4) is 0 Å². The fourth-order valence-electron chi connectivity index (χ4n) is 1.36. The molecule has 1 aliphatic rings. The number of hydrogen-bond acceptors (Lipinski definition) is 6. The minimum Gasteiger partial charge on any atom is -0.464 e. The third-order valence-electron chi connectivity index (χ3n) is 2.21. The van der Waals surface area contributed by atoms with Gasteiger partial charge in [0.25, 0.3) is 0 Å². The van der Waals surface area contributed by atoms with E-state index in [-0.39, 0.29) is 17.5 Å². The first-order chi connectivity index (χ1) is 7.51. The molecule has 0 bridgehead atoms. The molecule has 0 radical (unpaired) electrons. The molecule has 88 valence electrons. The lowest BCUT2D eigenvalue weighted by Gasteiger charge is -2.22. The van der Waals surface area contributed by atoms with E-state index in [2.05, 4.69) is 19.8 Å². The lowest BCUT2D eigenvalue weighted by molar-refractivity contribution is -0.137. The van der Waals surface area contributed by atoms with Crippen LogP contribution in [0.25, 0.3) is 0 Å². The number of aliphatic imine (C=N–C) groups is 1. The number of nitrogens with zero attached hydrogens (tertiary/aromatic N) is 1. The van der Waals surface area contributed by atoms with E-state index < -0.39 is 11.9 Å². The SMILES string of the molecule is COC(=O)C1=NC(C)=C(C(=O)OC)NC1C. The summed E-state index contributed by atoms with van der Waals surface area (Å²) >= 11 is 0. The number of ether oxygens (including phenoxy) is 2. The van der Waals surface area contributed by atoms with Crippen molar-refractivity contribution in [1.29, 1.82) is 0 Å². The molecule has 16 heavy (non-hydrogen) atoms. The lowest BCUT2D eigenvalue weighted by Crippen LogP contribution is -2.43. The summed E-state index contributed by atoms with van der Waals surface area (Å²) in [4.78, 5) is 26.7. The predicted molar refractivity (Wildman–Crippen MR) is 56.8 cm³/mol. The van der Waals surface area contributed by atoms with Crippen LogP contribution in [0, 0.1) is 0 Å². The van der Waals surface area contributed by atoms with Gasteiger partial charge in [0.1, 0.15) is 11.4 Å². The Morgan fingerprint density at radius 3 is 2.31 bits per heavy atom. The van der Waals surface area contributed by atoms with Crippen molar-refractivity contribution in [2.75, 3.05) is 14.2 Å². The largest absolute Gasteiger partial charge is 0.464 e. The summed E-state index contributed by atoms with van der Waals surface area (Å²) in [6.07, 6.45) is 0. The third kappa shape index (κ3) is 2.21. The first kappa shape index (κ1) is 12.2. The van der Waals surface area contributed by atoms with Gasteiger partial charge >= 0.3 is 11.9 Å². The number of esters is 2. The summed E-state index contributed by atoms with van der Waals surface area (Å²) in [7, 11) is 2.57. The first-order valence-electron chi connectivity index (χ1n) is 4.73. The number of methoxy groups -OCH3 is 2. The van der Waals surface area contributed by atoms with Crippen molar-refractivity contribution < 1.29 is 19.1 Å². The molecule has 6 nitrogen and oxygen atoms in total. The van der Waals surface area contributed by atoms with Crippen molar-refractivity contribution in [3.8, 4) is 0 Å². The van der Waals surface area contributed by atoms with Crippen molar-refractivity contribution in [2.45, 2.75) is 19.9 Å². The van der Waals surface area contributed by atoms with Crippen molar-refractivity contribution in [3.63, 3.8) is 0 Å². The Morgan fingerprint density at radius 2 is 1.81 bits per heavy atom. The fraction of sp³-hybridized carbons (Fsp3) is 0.500. The van der Waals surface area contributed by atoms with E-state index in [1.807, 2.05) is 0 Å². The highest BCUT2D eigenvalue weighted by molar-refractivity contribution is 6.39. The molecule has 0 fully saturated rings. The molecular weight excluding hydrogens is 212 g/mol. The molecule has 1 N–H and O–H groups in total. The molecule has 0 amide bonds. The number of allylic oxidation sites excluding steroid dienone is 1. The molecule has 0 aromatic rings. The molecule has 0 spiro atoms. The quantitative estimate of drug-likeness (QED) is 0.670. The van der Waals surface area contributed by atoms with Crippen molar-refractivity contribution >= 4 is 17.7 Å². The Kier molecular flexibility index (Phi) is 3.65. The number of hydrogen-bond donors (Lipinski definition) is 1. The number of nitrogens with one attached hydrogen (secondary N) is 1. The Balaban J connectivity index is 3.06. The summed E-state index contributed by atoms with van der Waals surface area (Å²) in [5.41, 5.74) is 0.917. The molecule has 6 heteroatoms. The Hall–Kier alpha value is -1.85. The van der Waals surface area contributed by atoms with Gasteiger partial charge in [0.15, 0.2) is 0 Å². The smallest absolute Gasteiger partial charge is 0.356 e. The van der Waals surface area contributed by atoms with Crippen molar-refractivity contribution in [2.24, 2.45) is 4.99 Å². The van der Waals surface area contributed by atoms with E-state index in [0.717, 1.165) is 0 Å². The topological polar surface area (TPSA) is 77.0 Å². The molecule has 0 aromatic heterocycles. The van der Waals surface area contributed by atoms with Gasteiger partial charge in [-0.1, -0.05) is 0 Å². The van der Waals surface area contributed by atoms with Gasteiger partial charge in [0, 0.05) is 0 Å². The van der Waals surface area contributed by atoms with Crippen LogP contribution >= 0.6 is 0 Å². The molecule has 0 aromatic carbocycles. The molecule has 1 atom stereocenters. The molecule has 0 saturated heterocycles. The number of rotatable bonds is 2. The van der Waals surface area contributed by atoms with E-state index in [0.29, 0.717) is 5.70 Å². The normalized spacial score (nSPS) is 19.8. The van der Waals surface area contributed by atoms with Gasteiger partial charge in [0.2, 0.25) is 0 Å². The van der Waals surface area contributed by atoms with Gasteiger partial charge in [0.05, 0.1) is 26.0 Å². The van der Waals surface area contributed by atoms with Crippen LogP contribution < -0.4 is 5.32 Å². The minimum atomic E-state index is -0.511. The second-order valence-corrected chi connectivity index (χ2v) is 3.31. The third-order valence-corrected chi connectivity index (χ3v) is 2.21. The Morgan fingerprint density at radius 1 is 1.25 bits per heavy atom. The van der Waals surface area contributed by atoms with Gasteiger partial charge < -0.3 is 14.8 Å². The van der Waals surface area contributed by atoms with Crippen LogP contribution in [0.4, 0.5) is 0 Å².